The minimum Gasteiger partial charge on any atom is -0.336 e. The minimum atomic E-state index is 0.252. The summed E-state index contributed by atoms with van der Waals surface area (Å²) >= 11 is 1.79. The normalized spacial score (nSPS) is 12.9. The molecule has 0 saturated heterocycles. The molecule has 1 unspecified atom stereocenters. The topological polar surface area (TPSA) is 29.9 Å². The highest BCUT2D eigenvalue weighted by Gasteiger charge is 2.16. The van der Waals surface area contributed by atoms with Gasteiger partial charge in [-0.1, -0.05) is 6.92 Å². The molecule has 0 bridgehead atoms. The molecule has 0 fully saturated rings. The van der Waals surface area contributed by atoms with Crippen molar-refractivity contribution in [2.24, 2.45) is 7.05 Å². The lowest BCUT2D eigenvalue weighted by molar-refractivity contribution is 0.595. The van der Waals surface area contributed by atoms with E-state index in [9.17, 15) is 0 Å². The lowest BCUT2D eigenvalue weighted by Crippen LogP contribution is -2.23. The molecule has 0 aliphatic rings. The fourth-order valence-corrected chi connectivity index (χ4v) is 2.59. The molecule has 86 valence electrons. The van der Waals surface area contributed by atoms with Crippen LogP contribution in [0.3, 0.4) is 0 Å². The summed E-state index contributed by atoms with van der Waals surface area (Å²) in [7, 11) is 2.03. The van der Waals surface area contributed by atoms with Crippen LogP contribution in [-0.2, 0) is 7.05 Å². The fourth-order valence-electron chi connectivity index (χ4n) is 1.86. The predicted octanol–water partition coefficient (Wildman–Crippen LogP) is 2.49. The molecule has 2 heterocycles. The van der Waals surface area contributed by atoms with Gasteiger partial charge in [0.25, 0.3) is 0 Å². The Bertz CT molecular complexity index is 458. The first-order valence-electron chi connectivity index (χ1n) is 5.47. The van der Waals surface area contributed by atoms with Gasteiger partial charge in [-0.25, -0.2) is 4.98 Å². The third-order valence-electron chi connectivity index (χ3n) is 2.64. The largest absolute Gasteiger partial charge is 0.336 e. The predicted molar refractivity (Wildman–Crippen MR) is 67.8 cm³/mol. The summed E-state index contributed by atoms with van der Waals surface area (Å²) in [6, 6.07) is 2.49. The van der Waals surface area contributed by atoms with Crippen LogP contribution in [0.5, 0.6) is 0 Å². The summed E-state index contributed by atoms with van der Waals surface area (Å²) < 4.78 is 2.07. The Hall–Kier alpha value is -1.13. The van der Waals surface area contributed by atoms with E-state index in [2.05, 4.69) is 40.2 Å². The van der Waals surface area contributed by atoms with E-state index in [1.54, 1.807) is 11.3 Å². The standard InChI is InChI=1S/C12H17N3S/c1-4-14-12(10-5-9(2)16-7-10)11-6-13-8-15(11)3/h5-8,12,14H,4H2,1-3H3. The van der Waals surface area contributed by atoms with E-state index in [0.29, 0.717) is 0 Å². The van der Waals surface area contributed by atoms with Crippen molar-refractivity contribution in [2.75, 3.05) is 6.54 Å². The SMILES string of the molecule is CCNC(c1csc(C)c1)c1cncn1C. The number of nitrogens with zero attached hydrogens (tertiary/aromatic N) is 2. The van der Waals surface area contributed by atoms with Crippen molar-refractivity contribution in [3.8, 4) is 0 Å². The van der Waals surface area contributed by atoms with Gasteiger partial charge < -0.3 is 9.88 Å². The summed E-state index contributed by atoms with van der Waals surface area (Å²) in [5.41, 5.74) is 2.53. The fraction of sp³-hybridized carbons (Fsp3) is 0.417. The second-order valence-corrected chi connectivity index (χ2v) is 5.03. The number of hydrogen-bond donors (Lipinski definition) is 1. The minimum absolute atomic E-state index is 0.252. The van der Waals surface area contributed by atoms with Gasteiger partial charge in [-0.3, -0.25) is 0 Å². The molecule has 0 aliphatic heterocycles. The van der Waals surface area contributed by atoms with E-state index in [0.717, 1.165) is 6.54 Å². The number of aromatic nitrogens is 2. The van der Waals surface area contributed by atoms with Crippen molar-refractivity contribution >= 4 is 11.3 Å². The van der Waals surface area contributed by atoms with Crippen LogP contribution < -0.4 is 5.32 Å². The molecule has 2 rings (SSSR count). The third-order valence-corrected chi connectivity index (χ3v) is 3.52. The Labute approximate surface area is 100 Å². The van der Waals surface area contributed by atoms with E-state index in [-0.39, 0.29) is 6.04 Å². The summed E-state index contributed by atoms with van der Waals surface area (Å²) in [5, 5.41) is 5.72. The number of thiophene rings is 1. The van der Waals surface area contributed by atoms with Crippen molar-refractivity contribution in [1.82, 2.24) is 14.9 Å². The number of aryl methyl sites for hydroxylation is 2. The molecule has 1 atom stereocenters. The van der Waals surface area contributed by atoms with Crippen LogP contribution in [0, 0.1) is 6.92 Å². The van der Waals surface area contributed by atoms with Crippen molar-refractivity contribution in [1.29, 1.82) is 0 Å². The zero-order valence-corrected chi connectivity index (χ0v) is 10.7. The van der Waals surface area contributed by atoms with Gasteiger partial charge in [0, 0.05) is 11.9 Å². The van der Waals surface area contributed by atoms with Crippen molar-refractivity contribution in [3.63, 3.8) is 0 Å². The molecule has 2 aromatic rings. The number of imidazole rings is 1. The molecule has 2 aromatic heterocycles. The van der Waals surface area contributed by atoms with Crippen LogP contribution in [0.2, 0.25) is 0 Å². The van der Waals surface area contributed by atoms with Gasteiger partial charge in [-0.15, -0.1) is 11.3 Å². The smallest absolute Gasteiger partial charge is 0.0946 e. The molecule has 1 N–H and O–H groups in total. The van der Waals surface area contributed by atoms with E-state index >= 15 is 0 Å². The number of hydrogen-bond acceptors (Lipinski definition) is 3. The quantitative estimate of drug-likeness (QED) is 0.882. The maximum absolute atomic E-state index is 4.18. The van der Waals surface area contributed by atoms with Crippen molar-refractivity contribution in [3.05, 3.63) is 40.1 Å². The number of nitrogens with one attached hydrogen (secondary N) is 1. The van der Waals surface area contributed by atoms with Gasteiger partial charge in [0.1, 0.15) is 0 Å². The first-order valence-corrected chi connectivity index (χ1v) is 6.35. The monoisotopic (exact) mass is 235 g/mol. The Morgan fingerprint density at radius 3 is 2.88 bits per heavy atom. The van der Waals surface area contributed by atoms with Crippen molar-refractivity contribution < 1.29 is 0 Å². The summed E-state index contributed by atoms with van der Waals surface area (Å²) in [4.78, 5) is 5.53. The lowest BCUT2D eigenvalue weighted by atomic mass is 10.1. The molecular formula is C12H17N3S. The van der Waals surface area contributed by atoms with Gasteiger partial charge in [0.05, 0.1) is 24.3 Å². The third kappa shape index (κ3) is 2.18. The first-order chi connectivity index (χ1) is 7.72. The van der Waals surface area contributed by atoms with Crippen LogP contribution in [0.4, 0.5) is 0 Å². The van der Waals surface area contributed by atoms with Gasteiger partial charge in [-0.2, -0.15) is 0 Å². The maximum atomic E-state index is 4.18. The molecule has 0 saturated carbocycles. The highest BCUT2D eigenvalue weighted by Crippen LogP contribution is 2.25. The Morgan fingerprint density at radius 1 is 1.56 bits per heavy atom. The van der Waals surface area contributed by atoms with E-state index < -0.39 is 0 Å². The highest BCUT2D eigenvalue weighted by atomic mass is 32.1. The molecule has 4 heteroatoms. The van der Waals surface area contributed by atoms with E-state index in [1.807, 2.05) is 19.6 Å². The molecular weight excluding hydrogens is 218 g/mol. The lowest BCUT2D eigenvalue weighted by Gasteiger charge is -2.17. The van der Waals surface area contributed by atoms with Gasteiger partial charge in [0.15, 0.2) is 0 Å². The Balaban J connectivity index is 2.34. The summed E-state index contributed by atoms with van der Waals surface area (Å²) in [5.74, 6) is 0. The molecule has 0 aliphatic carbocycles. The number of rotatable bonds is 4. The van der Waals surface area contributed by atoms with E-state index in [1.165, 1.54) is 16.1 Å². The molecule has 0 amide bonds. The molecule has 3 nitrogen and oxygen atoms in total. The van der Waals surface area contributed by atoms with Gasteiger partial charge >= 0.3 is 0 Å². The van der Waals surface area contributed by atoms with Crippen LogP contribution in [0.15, 0.2) is 24.0 Å². The zero-order chi connectivity index (χ0) is 11.5. The average Bonchev–Trinajstić information content (AvgIpc) is 2.84. The summed E-state index contributed by atoms with van der Waals surface area (Å²) in [6.45, 7) is 5.22. The Kier molecular flexibility index (Phi) is 3.41. The van der Waals surface area contributed by atoms with Crippen LogP contribution in [0.1, 0.15) is 29.1 Å². The molecule has 0 spiro atoms. The highest BCUT2D eigenvalue weighted by molar-refractivity contribution is 7.10. The van der Waals surface area contributed by atoms with E-state index in [4.69, 9.17) is 0 Å². The van der Waals surface area contributed by atoms with Gasteiger partial charge in [0.2, 0.25) is 0 Å². The van der Waals surface area contributed by atoms with Gasteiger partial charge in [-0.05, 0) is 30.5 Å². The van der Waals surface area contributed by atoms with Crippen LogP contribution >= 0.6 is 11.3 Å². The Morgan fingerprint density at radius 2 is 2.38 bits per heavy atom. The van der Waals surface area contributed by atoms with Crippen molar-refractivity contribution in [2.45, 2.75) is 19.9 Å². The zero-order valence-electron chi connectivity index (χ0n) is 9.90. The molecule has 0 radical (unpaired) electrons. The first kappa shape index (κ1) is 11.4. The van der Waals surface area contributed by atoms with Crippen LogP contribution in [-0.4, -0.2) is 16.1 Å². The second kappa shape index (κ2) is 4.80. The molecule has 0 aromatic carbocycles. The molecule has 16 heavy (non-hydrogen) atoms. The van der Waals surface area contributed by atoms with Crippen LogP contribution in [0.25, 0.3) is 0 Å². The average molecular weight is 235 g/mol. The summed E-state index contributed by atoms with van der Waals surface area (Å²) in [6.07, 6.45) is 3.78. The maximum Gasteiger partial charge on any atom is 0.0946 e. The second-order valence-electron chi connectivity index (χ2n) is 3.91.